The zero-order valence-electron chi connectivity index (χ0n) is 14.2. The average Bonchev–Trinajstić information content (AvgIpc) is 2.55. The molecule has 0 spiro atoms. The summed E-state index contributed by atoms with van der Waals surface area (Å²) in [5.41, 5.74) is 0.442. The quantitative estimate of drug-likeness (QED) is 0.889. The number of hydrogen-bond acceptors (Lipinski definition) is 5. The summed E-state index contributed by atoms with van der Waals surface area (Å²) in [7, 11) is 0. The lowest BCUT2D eigenvalue weighted by atomic mass is 10.0. The summed E-state index contributed by atoms with van der Waals surface area (Å²) in [6, 6.07) is 5.75. The summed E-state index contributed by atoms with van der Waals surface area (Å²) in [4.78, 5) is 20.7. The molecule has 1 aliphatic rings. The monoisotopic (exact) mass is 315 g/mol. The predicted molar refractivity (Wildman–Crippen MR) is 90.1 cm³/mol. The van der Waals surface area contributed by atoms with Gasteiger partial charge in [0, 0.05) is 37.9 Å². The van der Waals surface area contributed by atoms with Gasteiger partial charge in [-0.3, -0.25) is 9.69 Å². The molecular formula is C17H25N5O. The van der Waals surface area contributed by atoms with Crippen molar-refractivity contribution in [3.63, 3.8) is 0 Å². The van der Waals surface area contributed by atoms with Crippen molar-refractivity contribution in [3.05, 3.63) is 23.9 Å². The Morgan fingerprint density at radius 1 is 1.39 bits per heavy atom. The zero-order valence-corrected chi connectivity index (χ0v) is 14.2. The summed E-state index contributed by atoms with van der Waals surface area (Å²) < 4.78 is 0. The molecule has 6 heteroatoms. The number of nitrogens with one attached hydrogen (secondary N) is 1. The largest absolute Gasteiger partial charge is 0.353 e. The highest BCUT2D eigenvalue weighted by Crippen LogP contribution is 2.18. The lowest BCUT2D eigenvalue weighted by Gasteiger charge is -2.36. The van der Waals surface area contributed by atoms with Gasteiger partial charge in [-0.15, -0.1) is 0 Å². The molecule has 23 heavy (non-hydrogen) atoms. The van der Waals surface area contributed by atoms with E-state index in [0.717, 1.165) is 38.4 Å². The Morgan fingerprint density at radius 3 is 2.70 bits per heavy atom. The van der Waals surface area contributed by atoms with Crippen molar-refractivity contribution in [2.45, 2.75) is 32.7 Å². The van der Waals surface area contributed by atoms with E-state index in [1.807, 2.05) is 13.8 Å². The fraction of sp³-hybridized carbons (Fsp3) is 0.588. The molecule has 1 saturated heterocycles. The van der Waals surface area contributed by atoms with Gasteiger partial charge in [-0.1, -0.05) is 6.92 Å². The van der Waals surface area contributed by atoms with E-state index in [9.17, 15) is 10.1 Å². The average molecular weight is 315 g/mol. The summed E-state index contributed by atoms with van der Waals surface area (Å²) >= 11 is 0. The van der Waals surface area contributed by atoms with Crippen molar-refractivity contribution < 1.29 is 4.79 Å². The first kappa shape index (κ1) is 17.2. The molecule has 1 aromatic rings. The van der Waals surface area contributed by atoms with E-state index in [2.05, 4.69) is 33.1 Å². The molecule has 0 unspecified atom stereocenters. The molecule has 124 valence electrons. The summed E-state index contributed by atoms with van der Waals surface area (Å²) in [5.74, 6) is 0.812. The van der Waals surface area contributed by atoms with Crippen LogP contribution >= 0.6 is 0 Å². The number of anilines is 1. The van der Waals surface area contributed by atoms with E-state index in [1.54, 1.807) is 18.3 Å². The van der Waals surface area contributed by atoms with E-state index in [0.29, 0.717) is 12.1 Å². The van der Waals surface area contributed by atoms with Crippen LogP contribution in [0.2, 0.25) is 0 Å². The third-order valence-electron chi connectivity index (χ3n) is 4.31. The van der Waals surface area contributed by atoms with Gasteiger partial charge in [0.15, 0.2) is 0 Å². The Labute approximate surface area is 138 Å². The van der Waals surface area contributed by atoms with Crippen molar-refractivity contribution in [2.75, 3.05) is 37.6 Å². The van der Waals surface area contributed by atoms with Gasteiger partial charge in [-0.25, -0.2) is 4.98 Å². The van der Waals surface area contributed by atoms with Gasteiger partial charge in [0.2, 0.25) is 5.91 Å². The standard InChI is InChI=1S/C17H25N5O/c1-4-17(2,3)20-15(23)13-21-8-10-22(11-9-21)16-14(12-18)6-5-7-19-16/h5-7H,4,8-11,13H2,1-3H3,(H,20,23). The van der Waals surface area contributed by atoms with Gasteiger partial charge in [-0.2, -0.15) is 5.26 Å². The van der Waals surface area contributed by atoms with Crippen molar-refractivity contribution >= 4 is 11.7 Å². The number of piperazine rings is 1. The Balaban J connectivity index is 1.87. The number of rotatable bonds is 5. The van der Waals surface area contributed by atoms with Crippen LogP contribution in [0.25, 0.3) is 0 Å². The minimum absolute atomic E-state index is 0.0702. The van der Waals surface area contributed by atoms with Crippen LogP contribution in [0, 0.1) is 11.3 Å². The molecule has 1 amide bonds. The third-order valence-corrected chi connectivity index (χ3v) is 4.31. The molecule has 6 nitrogen and oxygen atoms in total. The first-order chi connectivity index (χ1) is 10.9. The van der Waals surface area contributed by atoms with Crippen LogP contribution in [-0.2, 0) is 4.79 Å². The smallest absolute Gasteiger partial charge is 0.234 e. The molecular weight excluding hydrogens is 290 g/mol. The molecule has 1 N–H and O–H groups in total. The fourth-order valence-corrected chi connectivity index (χ4v) is 2.56. The van der Waals surface area contributed by atoms with Crippen molar-refractivity contribution in [1.29, 1.82) is 5.26 Å². The Morgan fingerprint density at radius 2 is 2.09 bits per heavy atom. The highest BCUT2D eigenvalue weighted by atomic mass is 16.2. The highest BCUT2D eigenvalue weighted by Gasteiger charge is 2.23. The van der Waals surface area contributed by atoms with Gasteiger partial charge in [0.05, 0.1) is 12.1 Å². The second-order valence-corrected chi connectivity index (χ2v) is 6.54. The Hall–Kier alpha value is -2.13. The molecule has 1 fully saturated rings. The lowest BCUT2D eigenvalue weighted by Crippen LogP contribution is -2.52. The number of amides is 1. The first-order valence-corrected chi connectivity index (χ1v) is 8.08. The van der Waals surface area contributed by atoms with Crippen LogP contribution in [0.15, 0.2) is 18.3 Å². The van der Waals surface area contributed by atoms with Crippen LogP contribution in [0.4, 0.5) is 5.82 Å². The minimum Gasteiger partial charge on any atom is -0.353 e. The number of hydrogen-bond donors (Lipinski definition) is 1. The first-order valence-electron chi connectivity index (χ1n) is 8.08. The molecule has 2 heterocycles. The lowest BCUT2D eigenvalue weighted by molar-refractivity contribution is -0.123. The third kappa shape index (κ3) is 4.67. The normalized spacial score (nSPS) is 16.0. The minimum atomic E-state index is -0.158. The number of carbonyl (C=O) groups excluding carboxylic acids is 1. The fourth-order valence-electron chi connectivity index (χ4n) is 2.56. The van der Waals surface area contributed by atoms with E-state index < -0.39 is 0 Å². The summed E-state index contributed by atoms with van der Waals surface area (Å²) in [6.45, 7) is 9.69. The Bertz CT molecular complexity index is 585. The van der Waals surface area contributed by atoms with Crippen molar-refractivity contribution in [2.24, 2.45) is 0 Å². The zero-order chi connectivity index (χ0) is 16.9. The van der Waals surface area contributed by atoms with Crippen molar-refractivity contribution in [1.82, 2.24) is 15.2 Å². The summed E-state index contributed by atoms with van der Waals surface area (Å²) in [5, 5.41) is 12.2. The van der Waals surface area contributed by atoms with Crippen molar-refractivity contribution in [3.8, 4) is 6.07 Å². The van der Waals surface area contributed by atoms with Crippen LogP contribution in [0.1, 0.15) is 32.8 Å². The number of carbonyl (C=O) groups is 1. The maximum absolute atomic E-state index is 12.1. The molecule has 0 aromatic carbocycles. The van der Waals surface area contributed by atoms with Gasteiger partial charge in [0.25, 0.3) is 0 Å². The second-order valence-electron chi connectivity index (χ2n) is 6.54. The molecule has 1 aromatic heterocycles. The van der Waals surface area contributed by atoms with Gasteiger partial charge in [-0.05, 0) is 32.4 Å². The van der Waals surface area contributed by atoms with Gasteiger partial charge >= 0.3 is 0 Å². The van der Waals surface area contributed by atoms with E-state index >= 15 is 0 Å². The molecule has 2 rings (SSSR count). The second kappa shape index (κ2) is 7.42. The molecule has 1 aliphatic heterocycles. The molecule has 0 saturated carbocycles. The summed E-state index contributed by atoms with van der Waals surface area (Å²) in [6.07, 6.45) is 2.62. The van der Waals surface area contributed by atoms with Crippen LogP contribution in [-0.4, -0.2) is 54.1 Å². The molecule has 0 radical (unpaired) electrons. The predicted octanol–water partition coefficient (Wildman–Crippen LogP) is 1.38. The molecule has 0 atom stereocenters. The number of pyridine rings is 1. The molecule has 0 aliphatic carbocycles. The maximum atomic E-state index is 12.1. The highest BCUT2D eigenvalue weighted by molar-refractivity contribution is 5.78. The number of nitrogens with zero attached hydrogens (tertiary/aromatic N) is 4. The van der Waals surface area contributed by atoms with E-state index in [1.165, 1.54) is 0 Å². The number of nitriles is 1. The van der Waals surface area contributed by atoms with Crippen LogP contribution < -0.4 is 10.2 Å². The van der Waals surface area contributed by atoms with E-state index in [-0.39, 0.29) is 11.4 Å². The van der Waals surface area contributed by atoms with Crippen LogP contribution in [0.5, 0.6) is 0 Å². The Kier molecular flexibility index (Phi) is 5.56. The SMILES string of the molecule is CCC(C)(C)NC(=O)CN1CCN(c2ncccc2C#N)CC1. The maximum Gasteiger partial charge on any atom is 0.234 e. The molecule has 0 bridgehead atoms. The van der Waals surface area contributed by atoms with E-state index in [4.69, 9.17) is 0 Å². The van der Waals surface area contributed by atoms with Gasteiger partial charge < -0.3 is 10.2 Å². The van der Waals surface area contributed by atoms with Gasteiger partial charge in [0.1, 0.15) is 11.9 Å². The number of aromatic nitrogens is 1. The van der Waals surface area contributed by atoms with Crippen LogP contribution in [0.3, 0.4) is 0 Å². The topological polar surface area (TPSA) is 72.3 Å².